The van der Waals surface area contributed by atoms with Crippen molar-refractivity contribution >= 4 is 23.2 Å². The van der Waals surface area contributed by atoms with E-state index in [1.807, 2.05) is 12.2 Å². The molecular formula is C16H19NO3S. The Hall–Kier alpha value is -1.62. The number of carbonyl (C=O) groups is 2. The predicted octanol–water partition coefficient (Wildman–Crippen LogP) is 2.91. The average Bonchev–Trinajstić information content (AvgIpc) is 2.96. The molecule has 2 aliphatic rings. The van der Waals surface area contributed by atoms with Crippen LogP contribution in [0.25, 0.3) is 0 Å². The number of aryl methyl sites for hydroxylation is 1. The first-order valence-corrected chi connectivity index (χ1v) is 8.29. The summed E-state index contributed by atoms with van der Waals surface area (Å²) >= 11 is 1.74. The summed E-state index contributed by atoms with van der Waals surface area (Å²) in [7, 11) is 0. The molecule has 1 aromatic heterocycles. The topological polar surface area (TPSA) is 66.4 Å². The zero-order valence-corrected chi connectivity index (χ0v) is 12.6. The van der Waals surface area contributed by atoms with Crippen molar-refractivity contribution in [2.24, 2.45) is 11.8 Å². The Morgan fingerprint density at radius 1 is 1.24 bits per heavy atom. The summed E-state index contributed by atoms with van der Waals surface area (Å²) in [5.41, 5.74) is 1.22. The number of aliphatic carboxylic acids is 1. The van der Waals surface area contributed by atoms with Crippen LogP contribution in [0.5, 0.6) is 0 Å². The van der Waals surface area contributed by atoms with Crippen molar-refractivity contribution in [1.82, 2.24) is 5.32 Å². The summed E-state index contributed by atoms with van der Waals surface area (Å²) < 4.78 is 0. The minimum Gasteiger partial charge on any atom is -0.481 e. The normalized spacial score (nSPS) is 27.9. The molecule has 0 bridgehead atoms. The van der Waals surface area contributed by atoms with Crippen LogP contribution < -0.4 is 5.32 Å². The number of carboxylic acids is 1. The van der Waals surface area contributed by atoms with Crippen LogP contribution in [-0.4, -0.2) is 17.0 Å². The monoisotopic (exact) mass is 305 g/mol. The van der Waals surface area contributed by atoms with Gasteiger partial charge in [-0.1, -0.05) is 12.2 Å². The van der Waals surface area contributed by atoms with Crippen molar-refractivity contribution in [3.63, 3.8) is 0 Å². The number of hydrogen-bond donors (Lipinski definition) is 2. The molecule has 0 aliphatic heterocycles. The van der Waals surface area contributed by atoms with Crippen LogP contribution in [0, 0.1) is 11.8 Å². The molecule has 112 valence electrons. The van der Waals surface area contributed by atoms with Crippen molar-refractivity contribution in [2.75, 3.05) is 0 Å². The Balaban J connectivity index is 1.72. The van der Waals surface area contributed by atoms with Crippen molar-refractivity contribution < 1.29 is 14.7 Å². The van der Waals surface area contributed by atoms with E-state index >= 15 is 0 Å². The Bertz CT molecular complexity index is 578. The molecule has 1 heterocycles. The molecule has 1 aromatic rings. The van der Waals surface area contributed by atoms with Crippen LogP contribution in [-0.2, 0) is 16.0 Å². The van der Waals surface area contributed by atoms with E-state index in [0.717, 1.165) is 19.3 Å². The quantitative estimate of drug-likeness (QED) is 0.844. The molecular weight excluding hydrogens is 286 g/mol. The third-order valence-corrected chi connectivity index (χ3v) is 5.45. The van der Waals surface area contributed by atoms with Gasteiger partial charge in [-0.2, -0.15) is 0 Å². The number of carbonyl (C=O) groups excluding carboxylic acids is 1. The van der Waals surface area contributed by atoms with E-state index in [2.05, 4.69) is 16.8 Å². The summed E-state index contributed by atoms with van der Waals surface area (Å²) in [6.45, 7) is 0. The summed E-state index contributed by atoms with van der Waals surface area (Å²) in [4.78, 5) is 25.2. The Labute approximate surface area is 127 Å². The van der Waals surface area contributed by atoms with Gasteiger partial charge >= 0.3 is 5.97 Å². The van der Waals surface area contributed by atoms with Gasteiger partial charge in [-0.25, -0.2) is 0 Å². The lowest BCUT2D eigenvalue weighted by molar-refractivity contribution is -0.147. The van der Waals surface area contributed by atoms with Crippen molar-refractivity contribution in [3.05, 3.63) is 34.0 Å². The number of nitrogens with one attached hydrogen (secondary N) is 1. The molecule has 5 heteroatoms. The van der Waals surface area contributed by atoms with Crippen LogP contribution in [0.3, 0.4) is 0 Å². The van der Waals surface area contributed by atoms with E-state index in [-0.39, 0.29) is 11.9 Å². The number of fused-ring (bicyclic) bond motifs is 1. The van der Waals surface area contributed by atoms with Gasteiger partial charge in [0.25, 0.3) is 0 Å². The van der Waals surface area contributed by atoms with Gasteiger partial charge in [-0.15, -0.1) is 11.3 Å². The maximum Gasteiger partial charge on any atom is 0.307 e. The highest BCUT2D eigenvalue weighted by atomic mass is 32.1. The molecule has 4 nitrogen and oxygen atoms in total. The third-order valence-electron chi connectivity index (χ3n) is 4.45. The molecule has 0 saturated heterocycles. The highest BCUT2D eigenvalue weighted by Gasteiger charge is 2.35. The maximum atomic E-state index is 12.5. The molecule has 3 atom stereocenters. The van der Waals surface area contributed by atoms with Gasteiger partial charge in [0.15, 0.2) is 0 Å². The molecule has 0 radical (unpaired) electrons. The van der Waals surface area contributed by atoms with Gasteiger partial charge in [0.2, 0.25) is 5.91 Å². The molecule has 3 unspecified atom stereocenters. The van der Waals surface area contributed by atoms with Crippen molar-refractivity contribution in [3.8, 4) is 0 Å². The molecule has 0 aromatic carbocycles. The summed E-state index contributed by atoms with van der Waals surface area (Å²) in [5, 5.41) is 14.4. The first-order chi connectivity index (χ1) is 10.2. The predicted molar refractivity (Wildman–Crippen MR) is 81.1 cm³/mol. The Morgan fingerprint density at radius 3 is 2.76 bits per heavy atom. The summed E-state index contributed by atoms with van der Waals surface area (Å²) in [6, 6.07) is 2.13. The Kier molecular flexibility index (Phi) is 4.10. The zero-order valence-electron chi connectivity index (χ0n) is 11.7. The molecule has 3 rings (SSSR count). The fourth-order valence-corrected chi connectivity index (χ4v) is 4.28. The standard InChI is InChI=1S/C16H19NO3S/c18-15(10-4-1-2-5-11(10)16(19)20)17-13-6-3-7-14-12(13)8-9-21-14/h1-2,8-11,13H,3-7H2,(H,17,18)(H,19,20). The van der Waals surface area contributed by atoms with E-state index in [1.165, 1.54) is 10.4 Å². The molecule has 0 spiro atoms. The minimum absolute atomic E-state index is 0.0489. The van der Waals surface area contributed by atoms with Crippen LogP contribution in [0.1, 0.15) is 42.2 Å². The molecule has 2 aliphatic carbocycles. The highest BCUT2D eigenvalue weighted by Crippen LogP contribution is 2.34. The zero-order chi connectivity index (χ0) is 14.8. The van der Waals surface area contributed by atoms with E-state index in [4.69, 9.17) is 0 Å². The van der Waals surface area contributed by atoms with Gasteiger partial charge in [0, 0.05) is 4.88 Å². The number of amides is 1. The molecule has 0 fully saturated rings. The highest BCUT2D eigenvalue weighted by molar-refractivity contribution is 7.10. The number of thiophene rings is 1. The van der Waals surface area contributed by atoms with Gasteiger partial charge in [-0.3, -0.25) is 9.59 Å². The lowest BCUT2D eigenvalue weighted by atomic mass is 9.82. The van der Waals surface area contributed by atoms with Gasteiger partial charge in [0.1, 0.15) is 0 Å². The second-order valence-electron chi connectivity index (χ2n) is 5.75. The van der Waals surface area contributed by atoms with Gasteiger partial charge < -0.3 is 10.4 Å². The smallest absolute Gasteiger partial charge is 0.307 e. The second-order valence-corrected chi connectivity index (χ2v) is 6.75. The summed E-state index contributed by atoms with van der Waals surface area (Å²) in [6.07, 6.45) is 7.85. The Morgan fingerprint density at radius 2 is 2.00 bits per heavy atom. The fraction of sp³-hybridized carbons (Fsp3) is 0.500. The molecule has 2 N–H and O–H groups in total. The molecule has 1 amide bonds. The number of hydrogen-bond acceptors (Lipinski definition) is 3. The number of carboxylic acid groups (broad SMARTS) is 1. The summed E-state index contributed by atoms with van der Waals surface area (Å²) in [5.74, 6) is -2.03. The van der Waals surface area contributed by atoms with Gasteiger partial charge in [-0.05, 0) is 49.1 Å². The third kappa shape index (κ3) is 2.88. The van der Waals surface area contributed by atoms with E-state index < -0.39 is 17.8 Å². The lowest BCUT2D eigenvalue weighted by Crippen LogP contribution is -2.41. The van der Waals surface area contributed by atoms with Gasteiger partial charge in [0.05, 0.1) is 17.9 Å². The average molecular weight is 305 g/mol. The molecule has 0 saturated carbocycles. The lowest BCUT2D eigenvalue weighted by Gasteiger charge is -2.29. The van der Waals surface area contributed by atoms with E-state index in [0.29, 0.717) is 12.8 Å². The fourth-order valence-electron chi connectivity index (χ4n) is 3.29. The SMILES string of the molecule is O=C(O)C1CC=CCC1C(=O)NC1CCCc2sccc21. The van der Waals surface area contributed by atoms with Crippen LogP contribution >= 0.6 is 11.3 Å². The first kappa shape index (κ1) is 14.3. The maximum absolute atomic E-state index is 12.5. The van der Waals surface area contributed by atoms with Crippen molar-refractivity contribution in [1.29, 1.82) is 0 Å². The largest absolute Gasteiger partial charge is 0.481 e. The minimum atomic E-state index is -0.876. The number of allylic oxidation sites excluding steroid dienone is 2. The van der Waals surface area contributed by atoms with E-state index in [9.17, 15) is 14.7 Å². The van der Waals surface area contributed by atoms with Crippen LogP contribution in [0.2, 0.25) is 0 Å². The first-order valence-electron chi connectivity index (χ1n) is 7.41. The van der Waals surface area contributed by atoms with Crippen LogP contribution in [0.4, 0.5) is 0 Å². The number of rotatable bonds is 3. The second kappa shape index (κ2) is 6.02. The van der Waals surface area contributed by atoms with Crippen molar-refractivity contribution in [2.45, 2.75) is 38.1 Å². The van der Waals surface area contributed by atoms with E-state index in [1.54, 1.807) is 11.3 Å². The van der Waals surface area contributed by atoms with Crippen LogP contribution in [0.15, 0.2) is 23.6 Å². The molecule has 21 heavy (non-hydrogen) atoms.